The molecule has 3 heteroatoms. The highest BCUT2D eigenvalue weighted by Gasteiger charge is 2.21. The number of aliphatic hydroxyl groups is 1. The molecule has 0 bridgehead atoms. The van der Waals surface area contributed by atoms with Gasteiger partial charge in [-0.25, -0.2) is 0 Å². The summed E-state index contributed by atoms with van der Waals surface area (Å²) in [6, 6.07) is 7.28. The monoisotopic (exact) mass is 287 g/mol. The molecule has 0 aliphatic heterocycles. The first-order valence-electron chi connectivity index (χ1n) is 7.18. The summed E-state index contributed by atoms with van der Waals surface area (Å²) in [6.45, 7) is 9.43. The Morgan fingerprint density at radius 3 is 2.19 bits per heavy atom. The van der Waals surface area contributed by atoms with Crippen molar-refractivity contribution in [2.24, 2.45) is 5.41 Å². The molecule has 0 aliphatic rings. The van der Waals surface area contributed by atoms with Gasteiger partial charge in [0, 0.05) is 11.1 Å². The van der Waals surface area contributed by atoms with Crippen LogP contribution < -0.4 is 5.32 Å². The Labute approximate surface area is 127 Å². The number of carbonyl (C=O) groups is 1. The van der Waals surface area contributed by atoms with Gasteiger partial charge in [0.15, 0.2) is 0 Å². The molecule has 0 fully saturated rings. The van der Waals surface area contributed by atoms with E-state index in [1.54, 1.807) is 0 Å². The summed E-state index contributed by atoms with van der Waals surface area (Å²) >= 11 is 0. The molecule has 3 nitrogen and oxygen atoms in total. The van der Waals surface area contributed by atoms with Gasteiger partial charge >= 0.3 is 0 Å². The van der Waals surface area contributed by atoms with E-state index in [1.807, 2.05) is 77.1 Å². The van der Waals surface area contributed by atoms with Crippen LogP contribution in [0.15, 0.2) is 48.1 Å². The van der Waals surface area contributed by atoms with Crippen molar-refractivity contribution >= 4 is 11.6 Å². The average Bonchev–Trinajstić information content (AvgIpc) is 2.43. The fourth-order valence-corrected chi connectivity index (χ4v) is 1.80. The molecule has 1 unspecified atom stereocenters. The van der Waals surface area contributed by atoms with Crippen LogP contribution >= 0.6 is 0 Å². The molecule has 0 heterocycles. The Bertz CT molecular complexity index is 533. The van der Waals surface area contributed by atoms with Gasteiger partial charge in [-0.05, 0) is 37.1 Å². The molecule has 1 rings (SSSR count). The van der Waals surface area contributed by atoms with Crippen molar-refractivity contribution in [3.05, 3.63) is 53.6 Å². The molecule has 0 spiro atoms. The van der Waals surface area contributed by atoms with Crippen molar-refractivity contribution < 1.29 is 9.90 Å². The molecule has 2 N–H and O–H groups in total. The normalized spacial score (nSPS) is 14.3. The summed E-state index contributed by atoms with van der Waals surface area (Å²) in [6.07, 6.45) is 5.02. The number of aliphatic hydroxyl groups excluding tert-OH is 1. The van der Waals surface area contributed by atoms with E-state index in [9.17, 15) is 9.90 Å². The highest BCUT2D eigenvalue weighted by atomic mass is 16.3. The molecule has 0 saturated carbocycles. The van der Waals surface area contributed by atoms with Crippen molar-refractivity contribution in [3.8, 4) is 0 Å². The van der Waals surface area contributed by atoms with Gasteiger partial charge in [-0.15, -0.1) is 0 Å². The maximum atomic E-state index is 11.9. The molecule has 1 atom stereocenters. The summed E-state index contributed by atoms with van der Waals surface area (Å²) in [4.78, 5) is 11.9. The van der Waals surface area contributed by atoms with Crippen LogP contribution in [0.2, 0.25) is 0 Å². The number of amides is 1. The third-order valence-electron chi connectivity index (χ3n) is 3.17. The number of allylic oxidation sites excluding steroid dienone is 2. The minimum Gasteiger partial charge on any atom is -0.384 e. The summed E-state index contributed by atoms with van der Waals surface area (Å²) in [5.74, 6) is -0.0288. The van der Waals surface area contributed by atoms with Crippen LogP contribution in [0.5, 0.6) is 0 Å². The van der Waals surface area contributed by atoms with Gasteiger partial charge in [0.25, 0.3) is 0 Å². The fourth-order valence-electron chi connectivity index (χ4n) is 1.80. The van der Waals surface area contributed by atoms with E-state index in [4.69, 9.17) is 0 Å². The summed E-state index contributed by atoms with van der Waals surface area (Å²) in [5.41, 5.74) is 1.96. The van der Waals surface area contributed by atoms with Gasteiger partial charge in [0.2, 0.25) is 5.91 Å². The highest BCUT2D eigenvalue weighted by Crippen LogP contribution is 2.24. The van der Waals surface area contributed by atoms with E-state index in [1.165, 1.54) is 0 Å². The van der Waals surface area contributed by atoms with E-state index < -0.39 is 11.5 Å². The summed E-state index contributed by atoms with van der Waals surface area (Å²) in [5, 5.41) is 13.2. The lowest BCUT2D eigenvalue weighted by atomic mass is 9.95. The second-order valence-corrected chi connectivity index (χ2v) is 6.02. The van der Waals surface area contributed by atoms with E-state index in [0.717, 1.165) is 16.8 Å². The summed E-state index contributed by atoms with van der Waals surface area (Å²) < 4.78 is 0. The third kappa shape index (κ3) is 4.87. The lowest BCUT2D eigenvalue weighted by Gasteiger charge is -2.18. The van der Waals surface area contributed by atoms with Crippen LogP contribution in [-0.2, 0) is 4.79 Å². The van der Waals surface area contributed by atoms with Crippen molar-refractivity contribution in [1.29, 1.82) is 0 Å². The zero-order chi connectivity index (χ0) is 16.0. The molecular formula is C18H25NO2. The number of benzene rings is 1. The SMILES string of the molecule is C/C=C\C(=C/C)C(O)c1ccc(NC(=O)C(C)(C)C)cc1. The van der Waals surface area contributed by atoms with E-state index >= 15 is 0 Å². The molecule has 0 aromatic heterocycles. The number of carbonyl (C=O) groups excluding carboxylic acids is 1. The zero-order valence-electron chi connectivity index (χ0n) is 13.5. The van der Waals surface area contributed by atoms with Crippen LogP contribution in [0.25, 0.3) is 0 Å². The standard InChI is InChI=1S/C18H25NO2/c1-6-8-13(7-2)16(20)14-9-11-15(12-10-14)19-17(21)18(3,4)5/h6-12,16,20H,1-5H3,(H,19,21)/b8-6-,13-7+. The number of hydrogen-bond acceptors (Lipinski definition) is 2. The quantitative estimate of drug-likeness (QED) is 0.814. The topological polar surface area (TPSA) is 49.3 Å². The van der Waals surface area contributed by atoms with Gasteiger partial charge in [0.05, 0.1) is 0 Å². The molecule has 0 aliphatic carbocycles. The molecule has 114 valence electrons. The predicted molar refractivity (Wildman–Crippen MR) is 88.1 cm³/mol. The zero-order valence-corrected chi connectivity index (χ0v) is 13.5. The third-order valence-corrected chi connectivity index (χ3v) is 3.17. The maximum Gasteiger partial charge on any atom is 0.229 e. The van der Waals surface area contributed by atoms with Gasteiger partial charge in [-0.3, -0.25) is 4.79 Å². The largest absolute Gasteiger partial charge is 0.384 e. The van der Waals surface area contributed by atoms with Crippen molar-refractivity contribution in [1.82, 2.24) is 0 Å². The van der Waals surface area contributed by atoms with Crippen LogP contribution in [0.1, 0.15) is 46.3 Å². The van der Waals surface area contributed by atoms with E-state index in [2.05, 4.69) is 5.32 Å². The van der Waals surface area contributed by atoms with Gasteiger partial charge < -0.3 is 10.4 Å². The van der Waals surface area contributed by atoms with Crippen molar-refractivity contribution in [3.63, 3.8) is 0 Å². The Hall–Kier alpha value is -1.87. The van der Waals surface area contributed by atoms with Crippen LogP contribution in [0.4, 0.5) is 5.69 Å². The molecule has 1 aromatic rings. The van der Waals surface area contributed by atoms with Crippen LogP contribution in [0, 0.1) is 5.41 Å². The fraction of sp³-hybridized carbons (Fsp3) is 0.389. The molecule has 0 radical (unpaired) electrons. The number of nitrogens with one attached hydrogen (secondary N) is 1. The maximum absolute atomic E-state index is 11.9. The van der Waals surface area contributed by atoms with Crippen molar-refractivity contribution in [2.75, 3.05) is 5.32 Å². The predicted octanol–water partition coefficient (Wildman–Crippen LogP) is 4.23. The Morgan fingerprint density at radius 1 is 1.19 bits per heavy atom. The van der Waals surface area contributed by atoms with Gasteiger partial charge in [0.1, 0.15) is 6.10 Å². The number of hydrogen-bond donors (Lipinski definition) is 2. The smallest absolute Gasteiger partial charge is 0.229 e. The average molecular weight is 287 g/mol. The molecule has 1 amide bonds. The minimum atomic E-state index is -0.654. The van der Waals surface area contributed by atoms with Gasteiger partial charge in [-0.1, -0.05) is 51.1 Å². The second-order valence-electron chi connectivity index (χ2n) is 6.02. The highest BCUT2D eigenvalue weighted by molar-refractivity contribution is 5.94. The number of anilines is 1. The lowest BCUT2D eigenvalue weighted by molar-refractivity contribution is -0.123. The van der Waals surface area contributed by atoms with Crippen molar-refractivity contribution in [2.45, 2.75) is 40.7 Å². The van der Waals surface area contributed by atoms with Gasteiger partial charge in [-0.2, -0.15) is 0 Å². The molecule has 1 aromatic carbocycles. The molecule has 21 heavy (non-hydrogen) atoms. The summed E-state index contributed by atoms with van der Waals surface area (Å²) in [7, 11) is 0. The lowest BCUT2D eigenvalue weighted by Crippen LogP contribution is -2.27. The number of rotatable bonds is 4. The van der Waals surface area contributed by atoms with Crippen LogP contribution in [0.3, 0.4) is 0 Å². The first-order valence-corrected chi connectivity index (χ1v) is 7.18. The van der Waals surface area contributed by atoms with E-state index in [-0.39, 0.29) is 5.91 Å². The Morgan fingerprint density at radius 2 is 1.76 bits per heavy atom. The first-order chi connectivity index (χ1) is 9.79. The van der Waals surface area contributed by atoms with E-state index in [0.29, 0.717) is 0 Å². The Balaban J connectivity index is 2.86. The second kappa shape index (κ2) is 7.23. The molecule has 0 saturated heterocycles. The van der Waals surface area contributed by atoms with Crippen LogP contribution in [-0.4, -0.2) is 11.0 Å². The molecular weight excluding hydrogens is 262 g/mol. The first kappa shape index (κ1) is 17.2. The minimum absolute atomic E-state index is 0.0288. The Kier molecular flexibility index (Phi) is 5.91.